The molecule has 0 unspecified atom stereocenters. The third kappa shape index (κ3) is 1.84. The molecular weight excluding hydrogens is 268 g/mol. The lowest BCUT2D eigenvalue weighted by Gasteiger charge is -2.43. The van der Waals surface area contributed by atoms with E-state index in [0.29, 0.717) is 6.04 Å². The van der Waals surface area contributed by atoms with Crippen molar-refractivity contribution >= 4 is 27.4 Å². The second-order valence-electron chi connectivity index (χ2n) is 6.09. The topological polar surface area (TPSA) is 32.3 Å². The minimum absolute atomic E-state index is 0.532. The van der Waals surface area contributed by atoms with E-state index in [0.717, 1.165) is 23.9 Å². The second kappa shape index (κ2) is 4.67. The minimum atomic E-state index is 0.532. The number of aromatic nitrogens is 2. The molecule has 2 atom stereocenters. The highest BCUT2D eigenvalue weighted by atomic mass is 32.1. The van der Waals surface area contributed by atoms with E-state index in [1.54, 1.807) is 17.7 Å². The van der Waals surface area contributed by atoms with Gasteiger partial charge >= 0.3 is 0 Å². The first-order valence-corrected chi connectivity index (χ1v) is 8.31. The summed E-state index contributed by atoms with van der Waals surface area (Å²) in [5.41, 5.74) is 2.39. The highest BCUT2D eigenvalue weighted by Crippen LogP contribution is 2.34. The van der Waals surface area contributed by atoms with Crippen LogP contribution in [0.5, 0.6) is 0 Å². The molecule has 0 bridgehead atoms. The Bertz CT molecular complexity index is 638. The van der Waals surface area contributed by atoms with Crippen LogP contribution in [-0.4, -0.2) is 46.6 Å². The molecule has 0 radical (unpaired) electrons. The van der Waals surface area contributed by atoms with Crippen LogP contribution < -0.4 is 4.90 Å². The van der Waals surface area contributed by atoms with E-state index in [1.807, 2.05) is 0 Å². The Morgan fingerprint density at radius 2 is 2.20 bits per heavy atom. The summed E-state index contributed by atoms with van der Waals surface area (Å²) in [5.74, 6) is 1.15. The van der Waals surface area contributed by atoms with Gasteiger partial charge in [0.2, 0.25) is 0 Å². The molecule has 2 saturated heterocycles. The van der Waals surface area contributed by atoms with Crippen molar-refractivity contribution in [2.45, 2.75) is 38.8 Å². The molecule has 106 valence electrons. The summed E-state index contributed by atoms with van der Waals surface area (Å²) in [6, 6.07) is 1.25. The van der Waals surface area contributed by atoms with Crippen molar-refractivity contribution in [1.29, 1.82) is 0 Å². The number of aryl methyl sites for hydroxylation is 1. The summed E-state index contributed by atoms with van der Waals surface area (Å²) < 4.78 is 1.25. The van der Waals surface area contributed by atoms with E-state index in [-0.39, 0.29) is 0 Å². The zero-order chi connectivity index (χ0) is 13.7. The Hall–Kier alpha value is -1.20. The Labute approximate surface area is 123 Å². The van der Waals surface area contributed by atoms with Crippen LogP contribution in [0.2, 0.25) is 0 Å². The van der Waals surface area contributed by atoms with Crippen molar-refractivity contribution in [3.05, 3.63) is 17.3 Å². The van der Waals surface area contributed by atoms with Crippen molar-refractivity contribution in [1.82, 2.24) is 14.9 Å². The van der Waals surface area contributed by atoms with Gasteiger partial charge in [-0.05, 0) is 44.2 Å². The summed E-state index contributed by atoms with van der Waals surface area (Å²) in [6.45, 7) is 8.02. The number of piperazine rings is 1. The third-order valence-electron chi connectivity index (χ3n) is 4.72. The first-order valence-electron chi connectivity index (χ1n) is 7.43. The molecule has 0 spiro atoms. The zero-order valence-corrected chi connectivity index (χ0v) is 12.9. The van der Waals surface area contributed by atoms with Crippen LogP contribution in [0.1, 0.15) is 25.3 Å². The molecule has 0 aliphatic carbocycles. The SMILES string of the molecule is Cc1csc2c(N3C[C@@H]4CCCN4C[C@H]3C)ncnc12. The number of hydrogen-bond acceptors (Lipinski definition) is 5. The molecule has 2 aromatic rings. The number of rotatable bonds is 1. The van der Waals surface area contributed by atoms with E-state index in [1.165, 1.54) is 36.2 Å². The van der Waals surface area contributed by atoms with Crippen LogP contribution in [0.3, 0.4) is 0 Å². The third-order valence-corrected chi connectivity index (χ3v) is 5.80. The Morgan fingerprint density at radius 3 is 3.10 bits per heavy atom. The van der Waals surface area contributed by atoms with Crippen molar-refractivity contribution < 1.29 is 0 Å². The van der Waals surface area contributed by atoms with Gasteiger partial charge < -0.3 is 4.90 Å². The average Bonchev–Trinajstić information content (AvgIpc) is 3.04. The maximum atomic E-state index is 4.62. The monoisotopic (exact) mass is 288 g/mol. The molecule has 2 aliphatic heterocycles. The maximum absolute atomic E-state index is 4.62. The highest BCUT2D eigenvalue weighted by molar-refractivity contribution is 7.18. The van der Waals surface area contributed by atoms with Gasteiger partial charge in [-0.15, -0.1) is 11.3 Å². The molecule has 0 amide bonds. The maximum Gasteiger partial charge on any atom is 0.150 e. The van der Waals surface area contributed by atoms with Gasteiger partial charge in [-0.3, -0.25) is 4.90 Å². The summed E-state index contributed by atoms with van der Waals surface area (Å²) in [7, 11) is 0. The van der Waals surface area contributed by atoms with E-state index in [9.17, 15) is 0 Å². The van der Waals surface area contributed by atoms with Gasteiger partial charge in [-0.2, -0.15) is 0 Å². The van der Waals surface area contributed by atoms with Crippen LogP contribution in [0.25, 0.3) is 10.2 Å². The van der Waals surface area contributed by atoms with Gasteiger partial charge in [0, 0.05) is 25.2 Å². The van der Waals surface area contributed by atoms with Gasteiger partial charge in [0.15, 0.2) is 0 Å². The molecular formula is C15H20N4S. The van der Waals surface area contributed by atoms with E-state index in [4.69, 9.17) is 0 Å². The molecule has 0 saturated carbocycles. The van der Waals surface area contributed by atoms with Crippen molar-refractivity contribution in [3.63, 3.8) is 0 Å². The van der Waals surface area contributed by atoms with Crippen molar-refractivity contribution in [2.75, 3.05) is 24.5 Å². The van der Waals surface area contributed by atoms with Gasteiger partial charge in [0.05, 0.1) is 10.2 Å². The fraction of sp³-hybridized carbons (Fsp3) is 0.600. The molecule has 20 heavy (non-hydrogen) atoms. The van der Waals surface area contributed by atoms with Gasteiger partial charge in [-0.25, -0.2) is 9.97 Å². The molecule has 4 heterocycles. The summed E-state index contributed by atoms with van der Waals surface area (Å²) in [6.07, 6.45) is 4.41. The molecule has 2 aliphatic rings. The van der Waals surface area contributed by atoms with Crippen LogP contribution in [0.15, 0.2) is 11.7 Å². The number of anilines is 1. The normalized spacial score (nSPS) is 27.2. The Kier molecular flexibility index (Phi) is 2.93. The van der Waals surface area contributed by atoms with Crippen LogP contribution in [-0.2, 0) is 0 Å². The molecule has 0 N–H and O–H groups in total. The standard InChI is InChI=1S/C15H20N4S/c1-10-8-20-14-13(10)16-9-17-15(14)19-7-12-4-3-5-18(12)6-11(19)2/h8-9,11-12H,3-7H2,1-2H3/t11-,12+/m1/s1. The lowest BCUT2D eigenvalue weighted by molar-refractivity contribution is 0.202. The summed E-state index contributed by atoms with van der Waals surface area (Å²) in [4.78, 5) is 14.2. The minimum Gasteiger partial charge on any atom is -0.350 e. The largest absolute Gasteiger partial charge is 0.350 e. The molecule has 2 fully saturated rings. The van der Waals surface area contributed by atoms with Gasteiger partial charge in [-0.1, -0.05) is 0 Å². The smallest absolute Gasteiger partial charge is 0.150 e. The lowest BCUT2D eigenvalue weighted by Crippen LogP contribution is -2.55. The first-order chi connectivity index (χ1) is 9.74. The molecule has 4 nitrogen and oxygen atoms in total. The van der Waals surface area contributed by atoms with Crippen LogP contribution in [0.4, 0.5) is 5.82 Å². The van der Waals surface area contributed by atoms with Crippen molar-refractivity contribution in [3.8, 4) is 0 Å². The highest BCUT2D eigenvalue weighted by Gasteiger charge is 2.35. The molecule has 5 heteroatoms. The fourth-order valence-electron chi connectivity index (χ4n) is 3.64. The molecule has 2 aromatic heterocycles. The predicted molar refractivity (Wildman–Crippen MR) is 83.6 cm³/mol. The molecule has 4 rings (SSSR count). The fourth-order valence-corrected chi connectivity index (χ4v) is 4.65. The zero-order valence-electron chi connectivity index (χ0n) is 12.0. The van der Waals surface area contributed by atoms with Crippen LogP contribution >= 0.6 is 11.3 Å². The molecule has 0 aromatic carbocycles. The first kappa shape index (κ1) is 12.5. The second-order valence-corrected chi connectivity index (χ2v) is 6.97. The lowest BCUT2D eigenvalue weighted by atomic mass is 10.1. The number of thiophene rings is 1. The van der Waals surface area contributed by atoms with Crippen LogP contribution in [0, 0.1) is 6.92 Å². The van der Waals surface area contributed by atoms with E-state index < -0.39 is 0 Å². The van der Waals surface area contributed by atoms with Crippen molar-refractivity contribution in [2.24, 2.45) is 0 Å². The van der Waals surface area contributed by atoms with E-state index in [2.05, 4.69) is 39.0 Å². The number of nitrogens with zero attached hydrogens (tertiary/aromatic N) is 4. The summed E-state index contributed by atoms with van der Waals surface area (Å²) in [5, 5.41) is 2.19. The quantitative estimate of drug-likeness (QED) is 0.807. The Morgan fingerprint density at radius 1 is 1.30 bits per heavy atom. The number of hydrogen-bond donors (Lipinski definition) is 0. The van der Waals surface area contributed by atoms with E-state index >= 15 is 0 Å². The average molecular weight is 288 g/mol. The summed E-state index contributed by atoms with van der Waals surface area (Å²) >= 11 is 1.78. The Balaban J connectivity index is 1.74. The number of fused-ring (bicyclic) bond motifs is 2. The predicted octanol–water partition coefficient (Wildman–Crippen LogP) is 2.67. The van der Waals surface area contributed by atoms with Gasteiger partial charge in [0.1, 0.15) is 12.1 Å². The van der Waals surface area contributed by atoms with Gasteiger partial charge in [0.25, 0.3) is 0 Å².